The van der Waals surface area contributed by atoms with Gasteiger partial charge < -0.3 is 15.0 Å². The van der Waals surface area contributed by atoms with Gasteiger partial charge in [-0.05, 0) is 12.5 Å². The number of nitrogens with one attached hydrogen (secondary N) is 1. The fraction of sp³-hybridized carbons (Fsp3) is 0.444. The zero-order chi connectivity index (χ0) is 11.4. The number of amides is 1. The van der Waals surface area contributed by atoms with Gasteiger partial charge in [0, 0.05) is 20.2 Å². The summed E-state index contributed by atoms with van der Waals surface area (Å²) < 4.78 is 1.51. The van der Waals surface area contributed by atoms with Crippen LogP contribution in [0.15, 0.2) is 6.07 Å². The van der Waals surface area contributed by atoms with E-state index in [-0.39, 0.29) is 12.5 Å². The lowest BCUT2D eigenvalue weighted by atomic mass is 10.4. The van der Waals surface area contributed by atoms with E-state index in [0.717, 1.165) is 0 Å². The number of carbonyl (C=O) groups excluding carboxylic acids is 1. The van der Waals surface area contributed by atoms with Crippen LogP contribution in [0, 0.1) is 0 Å². The van der Waals surface area contributed by atoms with Crippen molar-refractivity contribution in [3.05, 3.63) is 21.9 Å². The number of carbonyl (C=O) groups is 1. The highest BCUT2D eigenvalue weighted by Crippen LogP contribution is 2.24. The molecule has 0 fully saturated rings. The molecule has 84 valence electrons. The second-order valence-electron chi connectivity index (χ2n) is 3.06. The van der Waals surface area contributed by atoms with Crippen LogP contribution in [0.4, 0.5) is 0 Å². The van der Waals surface area contributed by atoms with Gasteiger partial charge in [-0.25, -0.2) is 0 Å². The Balaban J connectivity index is 2.70. The maximum absolute atomic E-state index is 11.6. The number of aromatic nitrogens is 1. The van der Waals surface area contributed by atoms with Crippen LogP contribution in [-0.2, 0) is 7.05 Å². The van der Waals surface area contributed by atoms with Crippen molar-refractivity contribution in [2.75, 3.05) is 13.2 Å². The predicted molar refractivity (Wildman–Crippen MR) is 59.5 cm³/mol. The molecule has 1 aromatic heterocycles. The van der Waals surface area contributed by atoms with E-state index in [9.17, 15) is 4.79 Å². The fourth-order valence-electron chi connectivity index (χ4n) is 1.13. The van der Waals surface area contributed by atoms with E-state index < -0.39 is 0 Å². The Morgan fingerprint density at radius 2 is 2.27 bits per heavy atom. The summed E-state index contributed by atoms with van der Waals surface area (Å²) in [6, 6.07) is 1.51. The highest BCUT2D eigenvalue weighted by atomic mass is 35.5. The van der Waals surface area contributed by atoms with Crippen LogP contribution in [0.1, 0.15) is 16.9 Å². The standard InChI is InChI=1S/C9H12Cl2N2O2/c1-13-7(5-6(10)8(13)11)9(15)12-3-2-4-14/h5,14H,2-4H2,1H3,(H,12,15). The molecule has 0 aliphatic carbocycles. The molecule has 2 N–H and O–H groups in total. The lowest BCUT2D eigenvalue weighted by Crippen LogP contribution is -2.26. The van der Waals surface area contributed by atoms with E-state index in [1.54, 1.807) is 7.05 Å². The van der Waals surface area contributed by atoms with Crippen LogP contribution < -0.4 is 5.32 Å². The fourth-order valence-corrected chi connectivity index (χ4v) is 1.51. The van der Waals surface area contributed by atoms with Crippen LogP contribution in [-0.4, -0.2) is 28.7 Å². The van der Waals surface area contributed by atoms with Gasteiger partial charge in [0.2, 0.25) is 0 Å². The summed E-state index contributed by atoms with van der Waals surface area (Å²) in [7, 11) is 1.66. The smallest absolute Gasteiger partial charge is 0.267 e. The molecule has 0 aliphatic rings. The normalized spacial score (nSPS) is 10.4. The molecule has 1 amide bonds. The Morgan fingerprint density at radius 1 is 1.60 bits per heavy atom. The van der Waals surface area contributed by atoms with Gasteiger partial charge in [0.1, 0.15) is 10.8 Å². The minimum atomic E-state index is -0.250. The van der Waals surface area contributed by atoms with Crippen molar-refractivity contribution in [1.29, 1.82) is 0 Å². The molecule has 0 saturated carbocycles. The van der Waals surface area contributed by atoms with E-state index in [1.807, 2.05) is 0 Å². The Kier molecular flexibility index (Phi) is 4.45. The van der Waals surface area contributed by atoms with Gasteiger partial charge in [-0.3, -0.25) is 4.79 Å². The first-order chi connectivity index (χ1) is 7.07. The SMILES string of the molecule is Cn1c(C(=O)NCCCO)cc(Cl)c1Cl. The number of hydrogen-bond donors (Lipinski definition) is 2. The molecule has 0 aliphatic heterocycles. The van der Waals surface area contributed by atoms with Crippen LogP contribution in [0.3, 0.4) is 0 Å². The summed E-state index contributed by atoms with van der Waals surface area (Å²) in [5.41, 5.74) is 0.405. The first kappa shape index (κ1) is 12.4. The third-order valence-corrected chi connectivity index (χ3v) is 2.81. The van der Waals surface area contributed by atoms with E-state index in [4.69, 9.17) is 28.3 Å². The van der Waals surface area contributed by atoms with Crippen molar-refractivity contribution in [3.8, 4) is 0 Å². The second kappa shape index (κ2) is 5.39. The molecular formula is C9H12Cl2N2O2. The Bertz CT molecular complexity index is 363. The lowest BCUT2D eigenvalue weighted by Gasteiger charge is -2.05. The van der Waals surface area contributed by atoms with E-state index >= 15 is 0 Å². The first-order valence-electron chi connectivity index (χ1n) is 4.47. The zero-order valence-corrected chi connectivity index (χ0v) is 9.77. The molecule has 1 rings (SSSR count). The summed E-state index contributed by atoms with van der Waals surface area (Å²) in [6.07, 6.45) is 0.525. The molecule has 0 atom stereocenters. The monoisotopic (exact) mass is 250 g/mol. The maximum Gasteiger partial charge on any atom is 0.267 e. The van der Waals surface area contributed by atoms with E-state index in [2.05, 4.69) is 5.32 Å². The molecule has 0 spiro atoms. The minimum Gasteiger partial charge on any atom is -0.396 e. The van der Waals surface area contributed by atoms with Crippen molar-refractivity contribution >= 4 is 29.1 Å². The zero-order valence-electron chi connectivity index (χ0n) is 8.26. The molecular weight excluding hydrogens is 239 g/mol. The molecule has 1 heterocycles. The van der Waals surface area contributed by atoms with Crippen LogP contribution >= 0.6 is 23.2 Å². The highest BCUT2D eigenvalue weighted by Gasteiger charge is 2.14. The number of halogens is 2. The van der Waals surface area contributed by atoms with Gasteiger partial charge >= 0.3 is 0 Å². The van der Waals surface area contributed by atoms with Gasteiger partial charge in [0.25, 0.3) is 5.91 Å². The Hall–Kier alpha value is -0.710. The number of aliphatic hydroxyl groups excluding tert-OH is 1. The molecule has 0 bridgehead atoms. The van der Waals surface area contributed by atoms with Crippen molar-refractivity contribution in [2.45, 2.75) is 6.42 Å². The summed E-state index contributed by atoms with van der Waals surface area (Å²) in [5.74, 6) is -0.250. The van der Waals surface area contributed by atoms with Crippen molar-refractivity contribution in [2.24, 2.45) is 7.05 Å². The number of rotatable bonds is 4. The topological polar surface area (TPSA) is 54.3 Å². The quantitative estimate of drug-likeness (QED) is 0.795. The Morgan fingerprint density at radius 3 is 2.73 bits per heavy atom. The lowest BCUT2D eigenvalue weighted by molar-refractivity contribution is 0.0943. The average Bonchev–Trinajstić information content (AvgIpc) is 2.46. The van der Waals surface area contributed by atoms with Crippen molar-refractivity contribution < 1.29 is 9.90 Å². The molecule has 0 unspecified atom stereocenters. The summed E-state index contributed by atoms with van der Waals surface area (Å²) in [4.78, 5) is 11.6. The van der Waals surface area contributed by atoms with Gasteiger partial charge in [-0.15, -0.1) is 0 Å². The number of hydrogen-bond acceptors (Lipinski definition) is 2. The molecule has 6 heteroatoms. The largest absolute Gasteiger partial charge is 0.396 e. The van der Waals surface area contributed by atoms with Gasteiger partial charge in [0.05, 0.1) is 5.02 Å². The molecule has 1 aromatic rings. The average molecular weight is 251 g/mol. The first-order valence-corrected chi connectivity index (χ1v) is 5.23. The molecule has 0 aromatic carbocycles. The van der Waals surface area contributed by atoms with Crippen LogP contribution in [0.2, 0.25) is 10.2 Å². The molecule has 0 saturated heterocycles. The van der Waals surface area contributed by atoms with Crippen molar-refractivity contribution in [3.63, 3.8) is 0 Å². The summed E-state index contributed by atoms with van der Waals surface area (Å²) in [5, 5.41) is 11.9. The number of aliphatic hydroxyl groups is 1. The third-order valence-electron chi connectivity index (χ3n) is 1.97. The number of nitrogens with zero attached hydrogens (tertiary/aromatic N) is 1. The predicted octanol–water partition coefficient (Wildman–Crippen LogP) is 1.44. The summed E-state index contributed by atoms with van der Waals surface area (Å²) >= 11 is 11.6. The highest BCUT2D eigenvalue weighted by molar-refractivity contribution is 6.41. The molecule has 4 nitrogen and oxygen atoms in total. The molecule has 0 radical (unpaired) electrons. The van der Waals surface area contributed by atoms with E-state index in [1.165, 1.54) is 10.6 Å². The van der Waals surface area contributed by atoms with Crippen molar-refractivity contribution in [1.82, 2.24) is 9.88 Å². The van der Waals surface area contributed by atoms with E-state index in [0.29, 0.717) is 28.8 Å². The van der Waals surface area contributed by atoms with Crippen LogP contribution in [0.25, 0.3) is 0 Å². The second-order valence-corrected chi connectivity index (χ2v) is 3.83. The van der Waals surface area contributed by atoms with Crippen LogP contribution in [0.5, 0.6) is 0 Å². The summed E-state index contributed by atoms with van der Waals surface area (Å²) in [6.45, 7) is 0.477. The minimum absolute atomic E-state index is 0.0505. The third kappa shape index (κ3) is 2.87. The maximum atomic E-state index is 11.6. The van der Waals surface area contributed by atoms with Gasteiger partial charge in [-0.2, -0.15) is 0 Å². The van der Waals surface area contributed by atoms with Gasteiger partial charge in [-0.1, -0.05) is 23.2 Å². The van der Waals surface area contributed by atoms with Gasteiger partial charge in [0.15, 0.2) is 0 Å². The molecule has 15 heavy (non-hydrogen) atoms. The Labute approximate surface area is 97.8 Å².